The first-order chi connectivity index (χ1) is 8.04. The first-order valence-electron chi connectivity index (χ1n) is 4.51. The third-order valence-electron chi connectivity index (χ3n) is 2.21. The molecule has 17 heavy (non-hydrogen) atoms. The molecule has 0 N–H and O–H groups in total. The second-order valence-electron chi connectivity index (χ2n) is 3.18. The standard InChI is InChI=1S/C10H6ClF3N2O/c1-17-8-4(9(13)14)2-6(12)7-5(8)3-15-10(11)16-7/h2-3,9H,1H3. The summed E-state index contributed by atoms with van der Waals surface area (Å²) in [5, 5.41) is -0.101. The lowest BCUT2D eigenvalue weighted by atomic mass is 10.1. The molecule has 1 aromatic heterocycles. The number of ether oxygens (including phenoxy) is 1. The van der Waals surface area contributed by atoms with Crippen LogP contribution < -0.4 is 4.74 Å². The van der Waals surface area contributed by atoms with Crippen molar-refractivity contribution in [2.75, 3.05) is 7.11 Å². The maximum atomic E-state index is 13.6. The topological polar surface area (TPSA) is 35.0 Å². The molecule has 0 unspecified atom stereocenters. The van der Waals surface area contributed by atoms with Crippen molar-refractivity contribution in [3.63, 3.8) is 0 Å². The Kier molecular flexibility index (Phi) is 3.06. The molecule has 1 aromatic carbocycles. The zero-order valence-corrected chi connectivity index (χ0v) is 9.30. The minimum atomic E-state index is -2.85. The van der Waals surface area contributed by atoms with Gasteiger partial charge in [-0.15, -0.1) is 0 Å². The summed E-state index contributed by atoms with van der Waals surface area (Å²) in [6.07, 6.45) is -1.70. The van der Waals surface area contributed by atoms with Crippen LogP contribution in [0.15, 0.2) is 12.3 Å². The SMILES string of the molecule is COc1c(C(F)F)cc(F)c2nc(Cl)ncc12. The van der Waals surface area contributed by atoms with Gasteiger partial charge < -0.3 is 4.74 Å². The number of fused-ring (bicyclic) bond motifs is 1. The van der Waals surface area contributed by atoms with Gasteiger partial charge in [-0.3, -0.25) is 0 Å². The monoisotopic (exact) mass is 262 g/mol. The van der Waals surface area contributed by atoms with Gasteiger partial charge in [-0.2, -0.15) is 0 Å². The lowest BCUT2D eigenvalue weighted by Crippen LogP contribution is -1.98. The van der Waals surface area contributed by atoms with Gasteiger partial charge in [0.15, 0.2) is 0 Å². The number of nitrogens with zero attached hydrogens (tertiary/aromatic N) is 2. The van der Waals surface area contributed by atoms with Crippen LogP contribution in [0.4, 0.5) is 13.2 Å². The maximum absolute atomic E-state index is 13.6. The smallest absolute Gasteiger partial charge is 0.267 e. The molecule has 0 bridgehead atoms. The zero-order valence-electron chi connectivity index (χ0n) is 8.55. The van der Waals surface area contributed by atoms with Gasteiger partial charge in [0.1, 0.15) is 17.1 Å². The molecule has 0 aliphatic carbocycles. The van der Waals surface area contributed by atoms with Crippen molar-refractivity contribution in [3.8, 4) is 5.75 Å². The van der Waals surface area contributed by atoms with E-state index in [-0.39, 0.29) is 21.9 Å². The number of alkyl halides is 2. The first-order valence-corrected chi connectivity index (χ1v) is 4.89. The highest BCUT2D eigenvalue weighted by atomic mass is 35.5. The van der Waals surface area contributed by atoms with Crippen LogP contribution in [-0.2, 0) is 0 Å². The molecule has 0 saturated carbocycles. The lowest BCUT2D eigenvalue weighted by Gasteiger charge is -2.11. The van der Waals surface area contributed by atoms with E-state index in [9.17, 15) is 13.2 Å². The van der Waals surface area contributed by atoms with E-state index in [1.165, 1.54) is 7.11 Å². The summed E-state index contributed by atoms with van der Waals surface area (Å²) in [5.74, 6) is -1.03. The quantitative estimate of drug-likeness (QED) is 0.779. The van der Waals surface area contributed by atoms with Gasteiger partial charge >= 0.3 is 0 Å². The summed E-state index contributed by atoms with van der Waals surface area (Å²) in [5.41, 5.74) is -0.685. The molecule has 0 fully saturated rings. The van der Waals surface area contributed by atoms with Crippen molar-refractivity contribution in [3.05, 3.63) is 28.9 Å². The van der Waals surface area contributed by atoms with Crippen molar-refractivity contribution in [2.45, 2.75) is 6.43 Å². The molecule has 90 valence electrons. The van der Waals surface area contributed by atoms with Gasteiger partial charge in [0.25, 0.3) is 6.43 Å². The van der Waals surface area contributed by atoms with Crippen molar-refractivity contribution < 1.29 is 17.9 Å². The van der Waals surface area contributed by atoms with E-state index in [0.717, 1.165) is 6.20 Å². The molecule has 0 radical (unpaired) electrons. The van der Waals surface area contributed by atoms with Gasteiger partial charge in [-0.25, -0.2) is 23.1 Å². The largest absolute Gasteiger partial charge is 0.495 e. The minimum Gasteiger partial charge on any atom is -0.495 e. The van der Waals surface area contributed by atoms with E-state index in [4.69, 9.17) is 16.3 Å². The highest BCUT2D eigenvalue weighted by Gasteiger charge is 2.20. The van der Waals surface area contributed by atoms with Crippen molar-refractivity contribution in [1.29, 1.82) is 0 Å². The molecular formula is C10H6ClF3N2O. The van der Waals surface area contributed by atoms with Crippen LogP contribution in [0.3, 0.4) is 0 Å². The minimum absolute atomic E-state index is 0.0622. The number of methoxy groups -OCH3 is 1. The number of hydrogen-bond acceptors (Lipinski definition) is 3. The van der Waals surface area contributed by atoms with E-state index in [0.29, 0.717) is 6.07 Å². The Morgan fingerprint density at radius 1 is 1.41 bits per heavy atom. The molecule has 1 heterocycles. The summed E-state index contributed by atoms with van der Waals surface area (Å²) >= 11 is 5.51. The third kappa shape index (κ3) is 2.00. The van der Waals surface area contributed by atoms with E-state index in [1.54, 1.807) is 0 Å². The summed E-state index contributed by atoms with van der Waals surface area (Å²) in [7, 11) is 1.22. The Labute approximate surface area is 99.2 Å². The lowest BCUT2D eigenvalue weighted by molar-refractivity contribution is 0.147. The average molecular weight is 263 g/mol. The van der Waals surface area contributed by atoms with Gasteiger partial charge in [-0.1, -0.05) is 0 Å². The van der Waals surface area contributed by atoms with Crippen LogP contribution in [0.2, 0.25) is 5.28 Å². The van der Waals surface area contributed by atoms with Gasteiger partial charge in [0, 0.05) is 6.20 Å². The second-order valence-corrected chi connectivity index (χ2v) is 3.52. The fourth-order valence-corrected chi connectivity index (χ4v) is 1.66. The Morgan fingerprint density at radius 3 is 2.71 bits per heavy atom. The molecule has 0 atom stereocenters. The van der Waals surface area contributed by atoms with Gasteiger partial charge in [0.05, 0.1) is 18.1 Å². The Hall–Kier alpha value is -1.56. The number of hydrogen-bond donors (Lipinski definition) is 0. The normalized spacial score (nSPS) is 11.2. The fraction of sp³-hybridized carbons (Fsp3) is 0.200. The number of aromatic nitrogens is 2. The van der Waals surface area contributed by atoms with Gasteiger partial charge in [0.2, 0.25) is 5.28 Å². The first kappa shape index (κ1) is 11.9. The maximum Gasteiger partial charge on any atom is 0.267 e. The highest BCUT2D eigenvalue weighted by Crippen LogP contribution is 2.36. The fourth-order valence-electron chi connectivity index (χ4n) is 1.52. The molecule has 0 aliphatic rings. The van der Waals surface area contributed by atoms with Crippen molar-refractivity contribution in [2.24, 2.45) is 0 Å². The molecule has 3 nitrogen and oxygen atoms in total. The van der Waals surface area contributed by atoms with Crippen molar-refractivity contribution in [1.82, 2.24) is 9.97 Å². The number of rotatable bonds is 2. The Bertz CT molecular complexity index is 577. The molecule has 0 aliphatic heterocycles. The van der Waals surface area contributed by atoms with Crippen LogP contribution in [0.1, 0.15) is 12.0 Å². The summed E-state index contributed by atoms with van der Waals surface area (Å²) < 4.78 is 43.8. The summed E-state index contributed by atoms with van der Waals surface area (Å²) in [6, 6.07) is 0.690. The van der Waals surface area contributed by atoms with Crippen molar-refractivity contribution >= 4 is 22.5 Å². The predicted molar refractivity (Wildman–Crippen MR) is 56.0 cm³/mol. The van der Waals surface area contributed by atoms with Crippen LogP contribution in [0.25, 0.3) is 10.9 Å². The Morgan fingerprint density at radius 2 is 2.12 bits per heavy atom. The molecular weight excluding hydrogens is 257 g/mol. The number of halogens is 4. The highest BCUT2D eigenvalue weighted by molar-refractivity contribution is 6.28. The van der Waals surface area contributed by atoms with E-state index in [1.807, 2.05) is 0 Å². The number of benzene rings is 1. The molecule has 2 rings (SSSR count). The zero-order chi connectivity index (χ0) is 12.6. The molecule has 0 spiro atoms. The molecule has 0 amide bonds. The molecule has 7 heteroatoms. The summed E-state index contributed by atoms with van der Waals surface area (Å²) in [6.45, 7) is 0. The molecule has 2 aromatic rings. The van der Waals surface area contributed by atoms with Crippen LogP contribution in [0.5, 0.6) is 5.75 Å². The molecule has 0 saturated heterocycles. The van der Waals surface area contributed by atoms with E-state index < -0.39 is 17.8 Å². The second kappa shape index (κ2) is 4.37. The van der Waals surface area contributed by atoms with Crippen LogP contribution in [-0.4, -0.2) is 17.1 Å². The third-order valence-corrected chi connectivity index (χ3v) is 2.40. The Balaban J connectivity index is 2.85. The summed E-state index contributed by atoms with van der Waals surface area (Å²) in [4.78, 5) is 7.26. The van der Waals surface area contributed by atoms with Crippen LogP contribution >= 0.6 is 11.6 Å². The van der Waals surface area contributed by atoms with E-state index in [2.05, 4.69) is 9.97 Å². The predicted octanol–water partition coefficient (Wildman–Crippen LogP) is 3.37. The van der Waals surface area contributed by atoms with E-state index >= 15 is 0 Å². The van der Waals surface area contributed by atoms with Crippen LogP contribution in [0, 0.1) is 5.82 Å². The average Bonchev–Trinajstić information content (AvgIpc) is 2.29. The van der Waals surface area contributed by atoms with Gasteiger partial charge in [-0.05, 0) is 17.7 Å².